The number of carbonyl (C=O) groups is 2. The fourth-order valence-corrected chi connectivity index (χ4v) is 4.33. The van der Waals surface area contributed by atoms with Crippen LogP contribution in [0, 0.1) is 0 Å². The molecule has 2 heterocycles. The van der Waals surface area contributed by atoms with Crippen molar-refractivity contribution in [1.29, 1.82) is 0 Å². The van der Waals surface area contributed by atoms with Crippen LogP contribution in [0.3, 0.4) is 0 Å². The number of ether oxygens (including phenoxy) is 2. The van der Waals surface area contributed by atoms with Gasteiger partial charge in [-0.25, -0.2) is 0 Å². The lowest BCUT2D eigenvalue weighted by Crippen LogP contribution is -2.46. The summed E-state index contributed by atoms with van der Waals surface area (Å²) in [7, 11) is 1.61. The Bertz CT molecular complexity index is 1090. The van der Waals surface area contributed by atoms with Crippen molar-refractivity contribution >= 4 is 40.4 Å². The Morgan fingerprint density at radius 1 is 1.19 bits per heavy atom. The van der Waals surface area contributed by atoms with Gasteiger partial charge >= 0.3 is 0 Å². The van der Waals surface area contributed by atoms with Crippen LogP contribution in [0.5, 0.6) is 11.5 Å². The monoisotopic (exact) mass is 456 g/mol. The highest BCUT2D eigenvalue weighted by Crippen LogP contribution is 2.34. The van der Waals surface area contributed by atoms with E-state index in [-0.39, 0.29) is 25.0 Å². The number of amides is 2. The normalized spacial score (nSPS) is 12.8. The number of hydrogen-bond donors (Lipinski definition) is 0. The molecule has 6 nitrogen and oxygen atoms in total. The summed E-state index contributed by atoms with van der Waals surface area (Å²) in [5.41, 5.74) is 1.40. The number of fused-ring (bicyclic) bond motifs is 1. The first-order valence-corrected chi connectivity index (χ1v) is 11.0. The minimum Gasteiger partial charge on any atom is -0.496 e. The standard InChI is InChI=1S/C23H21ClN2O4S/c1-29-20-7-3-2-5-16(20)12-25(13-18-6-4-10-31-18)22(27)14-26-19-11-17(24)8-9-21(19)30-15-23(26)28/h2-11H,12-15H2,1H3. The number of benzene rings is 2. The molecule has 1 aliphatic heterocycles. The number of methoxy groups -OCH3 is 1. The number of thiophene rings is 1. The van der Waals surface area contributed by atoms with E-state index in [2.05, 4.69) is 0 Å². The molecule has 2 amide bonds. The third-order valence-corrected chi connectivity index (χ3v) is 6.09. The van der Waals surface area contributed by atoms with Gasteiger partial charge in [-0.2, -0.15) is 0 Å². The summed E-state index contributed by atoms with van der Waals surface area (Å²) in [5, 5.41) is 2.45. The lowest BCUT2D eigenvalue weighted by Gasteiger charge is -2.31. The number of anilines is 1. The third kappa shape index (κ3) is 4.84. The Balaban J connectivity index is 1.60. The van der Waals surface area contributed by atoms with Gasteiger partial charge in [0.25, 0.3) is 5.91 Å². The summed E-state index contributed by atoms with van der Waals surface area (Å²) in [6.45, 7) is 0.590. The minimum absolute atomic E-state index is 0.101. The van der Waals surface area contributed by atoms with Crippen molar-refractivity contribution in [3.05, 3.63) is 75.4 Å². The van der Waals surface area contributed by atoms with Crippen LogP contribution in [0.1, 0.15) is 10.4 Å². The summed E-state index contributed by atoms with van der Waals surface area (Å²) in [6, 6.07) is 16.6. The number of halogens is 1. The molecule has 0 atom stereocenters. The highest BCUT2D eigenvalue weighted by atomic mass is 35.5. The van der Waals surface area contributed by atoms with Crippen molar-refractivity contribution in [1.82, 2.24) is 4.90 Å². The molecule has 0 unspecified atom stereocenters. The van der Waals surface area contributed by atoms with E-state index in [4.69, 9.17) is 21.1 Å². The quantitative estimate of drug-likeness (QED) is 0.530. The third-order valence-electron chi connectivity index (χ3n) is 4.99. The minimum atomic E-state index is -0.281. The number of para-hydroxylation sites is 1. The van der Waals surface area contributed by atoms with Crippen LogP contribution in [0.2, 0.25) is 5.02 Å². The zero-order valence-corrected chi connectivity index (χ0v) is 18.5. The average molecular weight is 457 g/mol. The highest BCUT2D eigenvalue weighted by molar-refractivity contribution is 7.09. The molecule has 0 bridgehead atoms. The molecule has 0 N–H and O–H groups in total. The van der Waals surface area contributed by atoms with Gasteiger partial charge in [0.2, 0.25) is 5.91 Å². The second-order valence-corrected chi connectivity index (χ2v) is 8.49. The van der Waals surface area contributed by atoms with Gasteiger partial charge in [0.15, 0.2) is 6.61 Å². The predicted molar refractivity (Wildman–Crippen MR) is 121 cm³/mol. The molecule has 2 aromatic carbocycles. The predicted octanol–water partition coefficient (Wildman–Crippen LogP) is 4.36. The van der Waals surface area contributed by atoms with Crippen LogP contribution in [0.25, 0.3) is 0 Å². The smallest absolute Gasteiger partial charge is 0.265 e. The number of rotatable bonds is 7. The lowest BCUT2D eigenvalue weighted by atomic mass is 10.1. The van der Waals surface area contributed by atoms with Crippen molar-refractivity contribution in [2.45, 2.75) is 13.1 Å². The van der Waals surface area contributed by atoms with Crippen LogP contribution in [-0.2, 0) is 22.7 Å². The van der Waals surface area contributed by atoms with Gasteiger partial charge in [-0.3, -0.25) is 14.5 Å². The second kappa shape index (κ2) is 9.41. The summed E-state index contributed by atoms with van der Waals surface area (Å²) in [6.07, 6.45) is 0. The molecule has 0 fully saturated rings. The van der Waals surface area contributed by atoms with Crippen molar-refractivity contribution in [2.24, 2.45) is 0 Å². The van der Waals surface area contributed by atoms with Crippen molar-refractivity contribution in [3.8, 4) is 11.5 Å². The Morgan fingerprint density at radius 2 is 2.03 bits per heavy atom. The van der Waals surface area contributed by atoms with E-state index in [0.29, 0.717) is 35.3 Å². The van der Waals surface area contributed by atoms with Crippen molar-refractivity contribution in [3.63, 3.8) is 0 Å². The molecule has 160 valence electrons. The van der Waals surface area contributed by atoms with Crippen molar-refractivity contribution < 1.29 is 19.1 Å². The lowest BCUT2D eigenvalue weighted by molar-refractivity contribution is -0.133. The number of hydrogen-bond acceptors (Lipinski definition) is 5. The maximum atomic E-state index is 13.4. The maximum absolute atomic E-state index is 13.4. The molecule has 31 heavy (non-hydrogen) atoms. The van der Waals surface area contributed by atoms with Gasteiger partial charge in [-0.15, -0.1) is 11.3 Å². The van der Waals surface area contributed by atoms with Crippen LogP contribution in [0.15, 0.2) is 60.0 Å². The second-order valence-electron chi connectivity index (χ2n) is 7.02. The van der Waals surface area contributed by atoms with E-state index in [1.54, 1.807) is 41.5 Å². The van der Waals surface area contributed by atoms with Crippen LogP contribution in [0.4, 0.5) is 5.69 Å². The van der Waals surface area contributed by atoms with E-state index in [9.17, 15) is 9.59 Å². The van der Waals surface area contributed by atoms with E-state index >= 15 is 0 Å². The van der Waals surface area contributed by atoms with Gasteiger partial charge in [0.1, 0.15) is 18.0 Å². The van der Waals surface area contributed by atoms with Crippen LogP contribution in [-0.4, -0.2) is 37.0 Å². The fraction of sp³-hybridized carbons (Fsp3) is 0.217. The molecule has 0 radical (unpaired) electrons. The van der Waals surface area contributed by atoms with E-state index in [1.807, 2.05) is 41.8 Å². The number of nitrogens with zero attached hydrogens (tertiary/aromatic N) is 2. The molecule has 0 saturated carbocycles. The fourth-order valence-electron chi connectivity index (χ4n) is 3.45. The summed E-state index contributed by atoms with van der Waals surface area (Å²) in [5.74, 6) is 0.786. The first kappa shape index (κ1) is 21.2. The van der Waals surface area contributed by atoms with Crippen LogP contribution < -0.4 is 14.4 Å². The topological polar surface area (TPSA) is 59.1 Å². The molecule has 1 aromatic heterocycles. The molecule has 0 spiro atoms. The van der Waals surface area contributed by atoms with Gasteiger partial charge in [-0.1, -0.05) is 35.9 Å². The van der Waals surface area contributed by atoms with E-state index < -0.39 is 0 Å². The zero-order valence-electron chi connectivity index (χ0n) is 16.9. The largest absolute Gasteiger partial charge is 0.496 e. The summed E-state index contributed by atoms with van der Waals surface area (Å²) in [4.78, 5) is 30.2. The summed E-state index contributed by atoms with van der Waals surface area (Å²) < 4.78 is 10.9. The Labute approximate surface area is 189 Å². The first-order valence-electron chi connectivity index (χ1n) is 9.70. The van der Waals surface area contributed by atoms with Gasteiger partial charge in [0.05, 0.1) is 19.3 Å². The molecule has 0 aliphatic carbocycles. The van der Waals surface area contributed by atoms with Gasteiger partial charge < -0.3 is 14.4 Å². The molecular formula is C23H21ClN2O4S. The number of carbonyl (C=O) groups excluding carboxylic acids is 2. The van der Waals surface area contributed by atoms with E-state index in [0.717, 1.165) is 10.4 Å². The molecular weight excluding hydrogens is 436 g/mol. The molecule has 4 rings (SSSR count). The Kier molecular flexibility index (Phi) is 6.44. The maximum Gasteiger partial charge on any atom is 0.265 e. The van der Waals surface area contributed by atoms with Crippen molar-refractivity contribution in [2.75, 3.05) is 25.2 Å². The Hall–Kier alpha value is -3.03. The molecule has 3 aromatic rings. The average Bonchev–Trinajstić information content (AvgIpc) is 3.29. The first-order chi connectivity index (χ1) is 15.0. The molecule has 8 heteroatoms. The highest BCUT2D eigenvalue weighted by Gasteiger charge is 2.29. The Morgan fingerprint density at radius 3 is 2.81 bits per heavy atom. The summed E-state index contributed by atoms with van der Waals surface area (Å²) >= 11 is 7.71. The molecule has 0 saturated heterocycles. The van der Waals surface area contributed by atoms with Crippen LogP contribution >= 0.6 is 22.9 Å². The molecule has 1 aliphatic rings. The van der Waals surface area contributed by atoms with E-state index in [1.165, 1.54) is 4.90 Å². The zero-order chi connectivity index (χ0) is 21.8. The van der Waals surface area contributed by atoms with Gasteiger partial charge in [0, 0.05) is 22.0 Å². The van der Waals surface area contributed by atoms with Gasteiger partial charge in [-0.05, 0) is 35.7 Å². The SMILES string of the molecule is COc1ccccc1CN(Cc1cccs1)C(=O)CN1C(=O)COc2ccc(Cl)cc21.